The van der Waals surface area contributed by atoms with Crippen molar-refractivity contribution in [1.82, 2.24) is 15.1 Å². The van der Waals surface area contributed by atoms with E-state index >= 15 is 0 Å². The van der Waals surface area contributed by atoms with E-state index in [1.54, 1.807) is 13.2 Å². The fourth-order valence-electron chi connectivity index (χ4n) is 3.81. The first-order chi connectivity index (χ1) is 15.9. The first-order valence-electron chi connectivity index (χ1n) is 11.4. The van der Waals surface area contributed by atoms with E-state index in [0.717, 1.165) is 47.2 Å². The lowest BCUT2D eigenvalue weighted by Crippen LogP contribution is -2.22. The zero-order valence-corrected chi connectivity index (χ0v) is 20.0. The van der Waals surface area contributed by atoms with Gasteiger partial charge in [-0.25, -0.2) is 4.98 Å². The number of hydrogen-bond donors (Lipinski definition) is 2. The van der Waals surface area contributed by atoms with Crippen LogP contribution in [0, 0.1) is 6.92 Å². The van der Waals surface area contributed by atoms with Gasteiger partial charge in [0.15, 0.2) is 0 Å². The lowest BCUT2D eigenvalue weighted by Gasteiger charge is -2.16. The van der Waals surface area contributed by atoms with Gasteiger partial charge in [0.25, 0.3) is 5.89 Å². The molecule has 1 unspecified atom stereocenters. The Hall–Kier alpha value is -2.97. The van der Waals surface area contributed by atoms with Gasteiger partial charge in [-0.15, -0.1) is 0 Å². The van der Waals surface area contributed by atoms with Crippen molar-refractivity contribution in [3.63, 3.8) is 0 Å². The van der Waals surface area contributed by atoms with Crippen LogP contribution in [0.1, 0.15) is 56.4 Å². The topological polar surface area (TPSA) is 111 Å². The summed E-state index contributed by atoms with van der Waals surface area (Å²) in [6, 6.07) is 7.68. The number of aliphatic hydroxyl groups excluding tert-OH is 2. The van der Waals surface area contributed by atoms with Crippen LogP contribution in [0.2, 0.25) is 0 Å². The van der Waals surface area contributed by atoms with E-state index in [4.69, 9.17) is 19.1 Å². The van der Waals surface area contributed by atoms with Gasteiger partial charge >= 0.3 is 0 Å². The van der Waals surface area contributed by atoms with E-state index in [-0.39, 0.29) is 13.2 Å². The maximum Gasteiger partial charge on any atom is 0.258 e. The molecular weight excluding hydrogens is 422 g/mol. The van der Waals surface area contributed by atoms with Crippen LogP contribution in [0.5, 0.6) is 11.6 Å². The zero-order valence-electron chi connectivity index (χ0n) is 20.0. The Morgan fingerprint density at radius 3 is 2.42 bits per heavy atom. The molecule has 0 aliphatic carbocycles. The Morgan fingerprint density at radius 1 is 1.03 bits per heavy atom. The minimum Gasteiger partial charge on any atom is -0.490 e. The zero-order chi connectivity index (χ0) is 24.0. The molecule has 8 heteroatoms. The average Bonchev–Trinajstić information content (AvgIpc) is 3.33. The van der Waals surface area contributed by atoms with Crippen molar-refractivity contribution in [2.75, 3.05) is 20.3 Å². The van der Waals surface area contributed by atoms with E-state index in [2.05, 4.69) is 29.0 Å². The maximum atomic E-state index is 9.62. The highest BCUT2D eigenvalue weighted by Crippen LogP contribution is 2.33. The molecule has 0 saturated carbocycles. The fourth-order valence-corrected chi connectivity index (χ4v) is 3.81. The van der Waals surface area contributed by atoms with E-state index in [9.17, 15) is 5.11 Å². The van der Waals surface area contributed by atoms with Crippen LogP contribution in [0.15, 0.2) is 28.8 Å². The van der Waals surface area contributed by atoms with Gasteiger partial charge in [-0.1, -0.05) is 25.9 Å². The second kappa shape index (κ2) is 11.2. The molecule has 3 rings (SSSR count). The summed E-state index contributed by atoms with van der Waals surface area (Å²) in [5.41, 5.74) is 4.39. The van der Waals surface area contributed by atoms with E-state index in [0.29, 0.717) is 29.3 Å². The number of ether oxygens (including phenoxy) is 2. The molecule has 2 N–H and O–H groups in total. The smallest absolute Gasteiger partial charge is 0.258 e. The molecule has 2 heterocycles. The van der Waals surface area contributed by atoms with Gasteiger partial charge in [0.1, 0.15) is 18.5 Å². The molecular formula is C25H33N3O5. The first-order valence-corrected chi connectivity index (χ1v) is 11.4. The summed E-state index contributed by atoms with van der Waals surface area (Å²) in [7, 11) is 1.60. The molecule has 0 amide bonds. The Labute approximate surface area is 194 Å². The van der Waals surface area contributed by atoms with E-state index in [1.807, 2.05) is 32.0 Å². The van der Waals surface area contributed by atoms with Crippen molar-refractivity contribution in [3.05, 3.63) is 41.1 Å². The molecule has 0 fully saturated rings. The van der Waals surface area contributed by atoms with Gasteiger partial charge in [-0.05, 0) is 55.5 Å². The Bertz CT molecular complexity index is 1060. The largest absolute Gasteiger partial charge is 0.490 e. The lowest BCUT2D eigenvalue weighted by molar-refractivity contribution is 0.0531. The van der Waals surface area contributed by atoms with Crippen molar-refractivity contribution in [2.24, 2.45) is 0 Å². The molecule has 0 saturated heterocycles. The average molecular weight is 456 g/mol. The molecule has 0 spiro atoms. The standard InChI is InChI=1S/C25H33N3O5/c1-6-16(7-2)21-11-19(12-22(26-21)31-5)25-27-24(28-33-25)18-9-15(4)23(17(8-3)10-18)32-14-20(30)13-29/h9-12,16,20,29-30H,6-8,13-14H2,1-5H3. The van der Waals surface area contributed by atoms with Gasteiger partial charge in [-0.3, -0.25) is 0 Å². The Kier molecular flexibility index (Phi) is 8.41. The number of aryl methyl sites for hydroxylation is 2. The van der Waals surface area contributed by atoms with Crippen LogP contribution in [-0.4, -0.2) is 51.8 Å². The van der Waals surface area contributed by atoms with Crippen molar-refractivity contribution in [1.29, 1.82) is 0 Å². The van der Waals surface area contributed by atoms with Gasteiger partial charge in [0.2, 0.25) is 11.7 Å². The third-order valence-corrected chi connectivity index (χ3v) is 5.73. The summed E-state index contributed by atoms with van der Waals surface area (Å²) < 4.78 is 16.8. The fraction of sp³-hybridized carbons (Fsp3) is 0.480. The molecule has 0 radical (unpaired) electrons. The minimum absolute atomic E-state index is 0.0266. The van der Waals surface area contributed by atoms with Crippen LogP contribution in [-0.2, 0) is 6.42 Å². The van der Waals surface area contributed by atoms with Crippen molar-refractivity contribution in [2.45, 2.75) is 59.0 Å². The van der Waals surface area contributed by atoms with Crippen LogP contribution in [0.3, 0.4) is 0 Å². The number of hydrogen-bond acceptors (Lipinski definition) is 8. The minimum atomic E-state index is -0.921. The molecule has 0 aliphatic rings. The summed E-state index contributed by atoms with van der Waals surface area (Å²) in [6.07, 6.45) is 1.77. The lowest BCUT2D eigenvalue weighted by atomic mass is 9.97. The van der Waals surface area contributed by atoms with E-state index < -0.39 is 6.10 Å². The van der Waals surface area contributed by atoms with Crippen LogP contribution < -0.4 is 9.47 Å². The van der Waals surface area contributed by atoms with Gasteiger partial charge in [-0.2, -0.15) is 4.98 Å². The molecule has 0 bridgehead atoms. The molecule has 8 nitrogen and oxygen atoms in total. The number of methoxy groups -OCH3 is 1. The van der Waals surface area contributed by atoms with Crippen LogP contribution in [0.25, 0.3) is 22.8 Å². The highest BCUT2D eigenvalue weighted by atomic mass is 16.5. The summed E-state index contributed by atoms with van der Waals surface area (Å²) in [4.78, 5) is 9.24. The number of rotatable bonds is 11. The number of aliphatic hydroxyl groups is 2. The highest BCUT2D eigenvalue weighted by molar-refractivity contribution is 5.64. The summed E-state index contributed by atoms with van der Waals surface area (Å²) in [6.45, 7) is 7.93. The van der Waals surface area contributed by atoms with E-state index in [1.165, 1.54) is 0 Å². The molecule has 1 atom stereocenters. The summed E-state index contributed by atoms with van der Waals surface area (Å²) in [5.74, 6) is 2.42. The monoisotopic (exact) mass is 455 g/mol. The first kappa shape index (κ1) is 24.7. The Morgan fingerprint density at radius 2 is 1.79 bits per heavy atom. The SMILES string of the molecule is CCc1cc(-c2noc(-c3cc(OC)nc(C(CC)CC)c3)n2)cc(C)c1OCC(O)CO. The quantitative estimate of drug-likeness (QED) is 0.440. The maximum absolute atomic E-state index is 9.62. The van der Waals surface area contributed by atoms with Gasteiger partial charge in [0, 0.05) is 28.8 Å². The second-order valence-electron chi connectivity index (χ2n) is 8.04. The summed E-state index contributed by atoms with van der Waals surface area (Å²) >= 11 is 0. The van der Waals surface area contributed by atoms with Crippen molar-refractivity contribution >= 4 is 0 Å². The number of benzene rings is 1. The summed E-state index contributed by atoms with van der Waals surface area (Å²) in [5, 5.41) is 22.9. The van der Waals surface area contributed by atoms with Crippen LogP contribution >= 0.6 is 0 Å². The second-order valence-corrected chi connectivity index (χ2v) is 8.04. The number of pyridine rings is 1. The van der Waals surface area contributed by atoms with Crippen molar-refractivity contribution < 1.29 is 24.2 Å². The normalized spacial score (nSPS) is 12.2. The predicted octanol–water partition coefficient (Wildman–Crippen LogP) is 4.31. The van der Waals surface area contributed by atoms with Gasteiger partial charge in [0.05, 0.1) is 13.7 Å². The molecule has 0 aliphatic heterocycles. The molecule has 3 aromatic rings. The number of nitrogens with zero attached hydrogens (tertiary/aromatic N) is 3. The number of aromatic nitrogens is 3. The Balaban J connectivity index is 1.94. The molecule has 178 valence electrons. The molecule has 2 aromatic heterocycles. The third kappa shape index (κ3) is 5.69. The van der Waals surface area contributed by atoms with Crippen LogP contribution in [0.4, 0.5) is 0 Å². The molecule has 1 aromatic carbocycles. The highest BCUT2D eigenvalue weighted by Gasteiger charge is 2.18. The third-order valence-electron chi connectivity index (χ3n) is 5.73. The molecule has 33 heavy (non-hydrogen) atoms. The predicted molar refractivity (Wildman–Crippen MR) is 126 cm³/mol. The van der Waals surface area contributed by atoms with Crippen molar-refractivity contribution in [3.8, 4) is 34.5 Å². The van der Waals surface area contributed by atoms with Gasteiger partial charge < -0.3 is 24.2 Å².